The standard InChI is InChI=1S/C7H12O4.C5H8O4/c1-7(2,3)11-6(10)4-5(8)9;1-2-9-5(8)3-4(6)7/h4H2,1-3H3,(H,8,9);2-3H2,1H3,(H,6,7). The summed E-state index contributed by atoms with van der Waals surface area (Å²) >= 11 is 0. The number of carbonyl (C=O) groups is 4. The molecular formula is C12H20O8. The van der Waals surface area contributed by atoms with Gasteiger partial charge in [-0.1, -0.05) is 0 Å². The van der Waals surface area contributed by atoms with Gasteiger partial charge in [0.25, 0.3) is 0 Å². The van der Waals surface area contributed by atoms with Crippen molar-refractivity contribution >= 4 is 23.9 Å². The molecule has 0 aromatic carbocycles. The lowest BCUT2D eigenvalue weighted by molar-refractivity contribution is -0.159. The van der Waals surface area contributed by atoms with Crippen LogP contribution in [0.2, 0.25) is 0 Å². The molecule has 0 amide bonds. The van der Waals surface area contributed by atoms with Crippen LogP contribution in [0.1, 0.15) is 40.5 Å². The van der Waals surface area contributed by atoms with Crippen LogP contribution in [0.4, 0.5) is 0 Å². The van der Waals surface area contributed by atoms with Crippen LogP contribution in [0.25, 0.3) is 0 Å². The van der Waals surface area contributed by atoms with Gasteiger partial charge < -0.3 is 19.7 Å². The van der Waals surface area contributed by atoms with Gasteiger partial charge >= 0.3 is 23.9 Å². The predicted octanol–water partition coefficient (Wildman–Crippen LogP) is 0.827. The number of rotatable bonds is 5. The van der Waals surface area contributed by atoms with E-state index in [1.807, 2.05) is 0 Å². The first-order chi connectivity index (χ1) is 8.97. The van der Waals surface area contributed by atoms with Crippen molar-refractivity contribution in [3.05, 3.63) is 0 Å². The van der Waals surface area contributed by atoms with Crippen LogP contribution in [0.3, 0.4) is 0 Å². The van der Waals surface area contributed by atoms with Gasteiger partial charge in [0, 0.05) is 0 Å². The third-order valence-corrected chi connectivity index (χ3v) is 1.32. The highest BCUT2D eigenvalue weighted by Crippen LogP contribution is 2.07. The highest BCUT2D eigenvalue weighted by molar-refractivity contribution is 5.90. The number of hydrogen-bond acceptors (Lipinski definition) is 6. The van der Waals surface area contributed by atoms with E-state index in [2.05, 4.69) is 4.74 Å². The largest absolute Gasteiger partial charge is 0.481 e. The van der Waals surface area contributed by atoms with Gasteiger partial charge in [0.2, 0.25) is 0 Å². The third kappa shape index (κ3) is 18.3. The fourth-order valence-electron chi connectivity index (χ4n) is 0.837. The number of hydrogen-bond donors (Lipinski definition) is 2. The number of aliphatic carboxylic acids is 2. The van der Waals surface area contributed by atoms with Crippen molar-refractivity contribution in [1.29, 1.82) is 0 Å². The average molecular weight is 292 g/mol. The zero-order valence-corrected chi connectivity index (χ0v) is 12.0. The lowest BCUT2D eigenvalue weighted by Gasteiger charge is -2.18. The SMILES string of the molecule is CC(C)(C)OC(=O)CC(=O)O.CCOC(=O)CC(=O)O. The van der Waals surface area contributed by atoms with Gasteiger partial charge in [0.1, 0.15) is 18.4 Å². The van der Waals surface area contributed by atoms with Crippen molar-refractivity contribution in [2.24, 2.45) is 0 Å². The van der Waals surface area contributed by atoms with Crippen LogP contribution in [0.5, 0.6) is 0 Å². The van der Waals surface area contributed by atoms with Crippen molar-refractivity contribution in [2.75, 3.05) is 6.61 Å². The highest BCUT2D eigenvalue weighted by Gasteiger charge is 2.17. The smallest absolute Gasteiger partial charge is 0.317 e. The van der Waals surface area contributed by atoms with Gasteiger partial charge in [0.05, 0.1) is 6.61 Å². The summed E-state index contributed by atoms with van der Waals surface area (Å²) < 4.78 is 9.06. The summed E-state index contributed by atoms with van der Waals surface area (Å²) in [6, 6.07) is 0. The zero-order chi connectivity index (χ0) is 16.3. The van der Waals surface area contributed by atoms with Crippen molar-refractivity contribution in [1.82, 2.24) is 0 Å². The van der Waals surface area contributed by atoms with Crippen LogP contribution >= 0.6 is 0 Å². The van der Waals surface area contributed by atoms with E-state index < -0.39 is 42.3 Å². The molecule has 0 aromatic heterocycles. The summed E-state index contributed by atoms with van der Waals surface area (Å²) in [7, 11) is 0. The molecule has 0 aliphatic carbocycles. The van der Waals surface area contributed by atoms with Crippen molar-refractivity contribution in [3.8, 4) is 0 Å². The molecule has 116 valence electrons. The van der Waals surface area contributed by atoms with Crippen LogP contribution in [-0.4, -0.2) is 46.3 Å². The van der Waals surface area contributed by atoms with E-state index in [0.29, 0.717) is 0 Å². The normalized spacial score (nSPS) is 9.80. The maximum absolute atomic E-state index is 10.7. The Hall–Kier alpha value is -2.12. The van der Waals surface area contributed by atoms with E-state index in [1.165, 1.54) is 0 Å². The molecule has 0 spiro atoms. The molecule has 0 fully saturated rings. The van der Waals surface area contributed by atoms with Crippen molar-refractivity contribution < 1.29 is 38.9 Å². The first kappa shape index (κ1) is 20.2. The molecule has 8 heteroatoms. The first-order valence-electron chi connectivity index (χ1n) is 5.79. The molecule has 0 saturated carbocycles. The maximum Gasteiger partial charge on any atom is 0.317 e. The Morgan fingerprint density at radius 3 is 1.60 bits per heavy atom. The number of carbonyl (C=O) groups excluding carboxylic acids is 2. The molecule has 2 N–H and O–H groups in total. The molecule has 0 aliphatic rings. The minimum Gasteiger partial charge on any atom is -0.481 e. The quantitative estimate of drug-likeness (QED) is 0.563. The van der Waals surface area contributed by atoms with Crippen molar-refractivity contribution in [2.45, 2.75) is 46.1 Å². The Morgan fingerprint density at radius 2 is 1.30 bits per heavy atom. The van der Waals surface area contributed by atoms with Gasteiger partial charge in [0.15, 0.2) is 0 Å². The van der Waals surface area contributed by atoms with E-state index in [0.717, 1.165) is 0 Å². The molecule has 0 atom stereocenters. The van der Waals surface area contributed by atoms with Gasteiger partial charge in [-0.25, -0.2) is 0 Å². The summed E-state index contributed by atoms with van der Waals surface area (Å²) in [5.74, 6) is -3.72. The van der Waals surface area contributed by atoms with E-state index in [1.54, 1.807) is 27.7 Å². The fourth-order valence-corrected chi connectivity index (χ4v) is 0.837. The molecule has 20 heavy (non-hydrogen) atoms. The van der Waals surface area contributed by atoms with Gasteiger partial charge in [-0.2, -0.15) is 0 Å². The summed E-state index contributed by atoms with van der Waals surface area (Å²) in [6.07, 6.45) is -1.12. The second kappa shape index (κ2) is 9.76. The lowest BCUT2D eigenvalue weighted by Crippen LogP contribution is -2.25. The monoisotopic (exact) mass is 292 g/mol. The number of esters is 2. The average Bonchev–Trinajstić information content (AvgIpc) is 2.12. The van der Waals surface area contributed by atoms with Crippen LogP contribution in [-0.2, 0) is 28.7 Å². The summed E-state index contributed by atoms with van der Waals surface area (Å²) in [5.41, 5.74) is -0.605. The van der Waals surface area contributed by atoms with Gasteiger partial charge in [-0.05, 0) is 27.7 Å². The molecule has 0 saturated heterocycles. The molecular weight excluding hydrogens is 272 g/mol. The minimum absolute atomic E-state index is 0.228. The Bertz CT molecular complexity index is 353. The minimum atomic E-state index is -1.17. The number of carboxylic acids is 2. The summed E-state index contributed by atoms with van der Waals surface area (Å²) in [5, 5.41) is 16.2. The summed E-state index contributed by atoms with van der Waals surface area (Å²) in [6.45, 7) is 6.91. The third-order valence-electron chi connectivity index (χ3n) is 1.32. The zero-order valence-electron chi connectivity index (χ0n) is 12.0. The molecule has 0 aliphatic heterocycles. The van der Waals surface area contributed by atoms with E-state index >= 15 is 0 Å². The van der Waals surface area contributed by atoms with E-state index in [-0.39, 0.29) is 6.61 Å². The second-order valence-electron chi connectivity index (χ2n) is 4.53. The molecule has 8 nitrogen and oxygen atoms in total. The number of ether oxygens (including phenoxy) is 2. The van der Waals surface area contributed by atoms with Crippen molar-refractivity contribution in [3.63, 3.8) is 0 Å². The molecule has 0 radical (unpaired) electrons. The van der Waals surface area contributed by atoms with Crippen LogP contribution in [0, 0.1) is 0 Å². The molecule has 0 rings (SSSR count). The number of carboxylic acid groups (broad SMARTS) is 2. The highest BCUT2D eigenvalue weighted by atomic mass is 16.6. The Morgan fingerprint density at radius 1 is 0.900 bits per heavy atom. The van der Waals surface area contributed by atoms with Crippen LogP contribution < -0.4 is 0 Å². The first-order valence-corrected chi connectivity index (χ1v) is 5.79. The Labute approximate surface area is 116 Å². The molecule has 0 aromatic rings. The predicted molar refractivity (Wildman–Crippen MR) is 67.0 cm³/mol. The molecule has 0 unspecified atom stereocenters. The molecule has 0 heterocycles. The van der Waals surface area contributed by atoms with Gasteiger partial charge in [-0.3, -0.25) is 19.2 Å². The second-order valence-corrected chi connectivity index (χ2v) is 4.53. The fraction of sp³-hybridized carbons (Fsp3) is 0.667. The Kier molecular flexibility index (Phi) is 9.86. The maximum atomic E-state index is 10.7. The lowest BCUT2D eigenvalue weighted by atomic mass is 10.2. The van der Waals surface area contributed by atoms with E-state index in [9.17, 15) is 19.2 Å². The van der Waals surface area contributed by atoms with E-state index in [4.69, 9.17) is 14.9 Å². The summed E-state index contributed by atoms with van der Waals surface area (Å²) in [4.78, 5) is 40.7. The van der Waals surface area contributed by atoms with Gasteiger partial charge in [-0.15, -0.1) is 0 Å². The van der Waals surface area contributed by atoms with Crippen LogP contribution in [0.15, 0.2) is 0 Å². The topological polar surface area (TPSA) is 127 Å². The Balaban J connectivity index is 0. The molecule has 0 bridgehead atoms.